The molecule has 0 heterocycles. The van der Waals surface area contributed by atoms with Crippen molar-refractivity contribution >= 4 is 12.0 Å². The Bertz CT molecular complexity index is 482. The lowest BCUT2D eigenvalue weighted by molar-refractivity contribution is -0.142. The molecule has 128 valence electrons. The Labute approximate surface area is 139 Å². The summed E-state index contributed by atoms with van der Waals surface area (Å²) in [5.41, 5.74) is 0.853. The monoisotopic (exact) mass is 320 g/mol. The molecule has 0 N–H and O–H groups in total. The number of rotatable bonds is 10. The lowest BCUT2D eigenvalue weighted by Crippen LogP contribution is -2.11. The summed E-state index contributed by atoms with van der Waals surface area (Å²) in [4.78, 5) is 11.7. The van der Waals surface area contributed by atoms with Crippen LogP contribution in [-0.4, -0.2) is 25.3 Å². The zero-order valence-electron chi connectivity index (χ0n) is 14.6. The first kappa shape index (κ1) is 19.1. The summed E-state index contributed by atoms with van der Waals surface area (Å²) in [6.45, 7) is 9.27. The van der Waals surface area contributed by atoms with Crippen LogP contribution in [0, 0.1) is 0 Å². The molecule has 1 aromatic carbocycles. The van der Waals surface area contributed by atoms with E-state index in [1.54, 1.807) is 6.08 Å². The zero-order chi connectivity index (χ0) is 17.1. The van der Waals surface area contributed by atoms with E-state index in [0.717, 1.165) is 36.3 Å². The molecule has 0 radical (unpaired) electrons. The van der Waals surface area contributed by atoms with Gasteiger partial charge in [0.1, 0.15) is 11.5 Å². The van der Waals surface area contributed by atoms with Gasteiger partial charge in [0.15, 0.2) is 0 Å². The van der Waals surface area contributed by atoms with E-state index in [0.29, 0.717) is 13.2 Å². The van der Waals surface area contributed by atoms with Gasteiger partial charge in [-0.25, -0.2) is 4.79 Å². The van der Waals surface area contributed by atoms with Crippen molar-refractivity contribution in [2.24, 2.45) is 0 Å². The maximum Gasteiger partial charge on any atom is 0.331 e. The first-order valence-electron chi connectivity index (χ1n) is 8.38. The summed E-state index contributed by atoms with van der Waals surface area (Å²) in [5.74, 6) is 1.15. The standard InChI is InChI=1S/C19H28O4/c1-5-10-21-17-12-16(13-18(14-17)22-11-6-2)8-9-19(20)23-15(4)7-3/h8-9,12-15H,5-7,10-11H2,1-4H3. The average molecular weight is 320 g/mol. The van der Waals surface area contributed by atoms with Gasteiger partial charge in [0.05, 0.1) is 19.3 Å². The van der Waals surface area contributed by atoms with Crippen molar-refractivity contribution in [3.05, 3.63) is 29.8 Å². The molecule has 0 fully saturated rings. The Morgan fingerprint density at radius 3 is 2.09 bits per heavy atom. The van der Waals surface area contributed by atoms with Gasteiger partial charge in [0.25, 0.3) is 0 Å². The van der Waals surface area contributed by atoms with E-state index >= 15 is 0 Å². The molecule has 0 amide bonds. The second-order valence-corrected chi connectivity index (χ2v) is 5.42. The van der Waals surface area contributed by atoms with Crippen molar-refractivity contribution in [3.8, 4) is 11.5 Å². The summed E-state index contributed by atoms with van der Waals surface area (Å²) in [6, 6.07) is 5.66. The Hall–Kier alpha value is -1.97. The molecule has 0 saturated carbocycles. The van der Waals surface area contributed by atoms with Gasteiger partial charge in [0.2, 0.25) is 0 Å². The molecule has 1 aromatic rings. The molecule has 23 heavy (non-hydrogen) atoms. The van der Waals surface area contributed by atoms with Crippen LogP contribution in [0.3, 0.4) is 0 Å². The van der Waals surface area contributed by atoms with Gasteiger partial charge in [-0.3, -0.25) is 0 Å². The van der Waals surface area contributed by atoms with E-state index in [4.69, 9.17) is 14.2 Å². The fourth-order valence-electron chi connectivity index (χ4n) is 1.78. The fraction of sp³-hybridized carbons (Fsp3) is 0.526. The minimum absolute atomic E-state index is 0.0742. The topological polar surface area (TPSA) is 44.8 Å². The van der Waals surface area contributed by atoms with Crippen molar-refractivity contribution < 1.29 is 19.0 Å². The third-order valence-electron chi connectivity index (χ3n) is 3.15. The van der Waals surface area contributed by atoms with Crippen molar-refractivity contribution in [1.82, 2.24) is 0 Å². The summed E-state index contributed by atoms with van der Waals surface area (Å²) >= 11 is 0. The number of benzene rings is 1. The highest BCUT2D eigenvalue weighted by atomic mass is 16.5. The van der Waals surface area contributed by atoms with Gasteiger partial charge in [-0.1, -0.05) is 20.8 Å². The van der Waals surface area contributed by atoms with E-state index in [1.807, 2.05) is 32.0 Å². The van der Waals surface area contributed by atoms with Crippen molar-refractivity contribution in [3.63, 3.8) is 0 Å². The Morgan fingerprint density at radius 1 is 1.04 bits per heavy atom. The molecule has 0 aliphatic rings. The van der Waals surface area contributed by atoms with E-state index in [-0.39, 0.29) is 12.1 Å². The van der Waals surface area contributed by atoms with Crippen LogP contribution < -0.4 is 9.47 Å². The molecule has 1 rings (SSSR count). The molecule has 0 saturated heterocycles. The van der Waals surface area contributed by atoms with E-state index in [1.165, 1.54) is 6.08 Å². The third kappa shape index (κ3) is 7.73. The lowest BCUT2D eigenvalue weighted by atomic mass is 10.2. The second kappa shape index (κ2) is 10.7. The number of carbonyl (C=O) groups excluding carboxylic acids is 1. The van der Waals surface area contributed by atoms with Crippen molar-refractivity contribution in [2.45, 2.75) is 53.1 Å². The van der Waals surface area contributed by atoms with Gasteiger partial charge in [0, 0.05) is 12.1 Å². The van der Waals surface area contributed by atoms with Crippen LogP contribution in [0.2, 0.25) is 0 Å². The highest BCUT2D eigenvalue weighted by Gasteiger charge is 2.05. The quantitative estimate of drug-likeness (QED) is 0.466. The predicted octanol–water partition coefficient (Wildman–Crippen LogP) is 4.62. The minimum Gasteiger partial charge on any atom is -0.493 e. The largest absolute Gasteiger partial charge is 0.493 e. The van der Waals surface area contributed by atoms with Crippen molar-refractivity contribution in [1.29, 1.82) is 0 Å². The van der Waals surface area contributed by atoms with Crippen LogP contribution in [0.25, 0.3) is 6.08 Å². The smallest absolute Gasteiger partial charge is 0.331 e. The molecular formula is C19H28O4. The van der Waals surface area contributed by atoms with Crippen LogP contribution in [-0.2, 0) is 9.53 Å². The van der Waals surface area contributed by atoms with Gasteiger partial charge >= 0.3 is 5.97 Å². The molecule has 4 nitrogen and oxygen atoms in total. The van der Waals surface area contributed by atoms with Crippen LogP contribution in [0.4, 0.5) is 0 Å². The van der Waals surface area contributed by atoms with Crippen LogP contribution in [0.15, 0.2) is 24.3 Å². The van der Waals surface area contributed by atoms with Gasteiger partial charge in [-0.05, 0) is 50.0 Å². The number of hydrogen-bond donors (Lipinski definition) is 0. The highest BCUT2D eigenvalue weighted by molar-refractivity contribution is 5.87. The second-order valence-electron chi connectivity index (χ2n) is 5.42. The molecule has 1 atom stereocenters. The summed E-state index contributed by atoms with van der Waals surface area (Å²) in [7, 11) is 0. The number of ether oxygens (including phenoxy) is 3. The molecule has 0 bridgehead atoms. The summed E-state index contributed by atoms with van der Waals surface area (Å²) in [5, 5.41) is 0. The first-order chi connectivity index (χ1) is 11.1. The fourth-order valence-corrected chi connectivity index (χ4v) is 1.78. The Balaban J connectivity index is 2.83. The lowest BCUT2D eigenvalue weighted by Gasteiger charge is -2.10. The van der Waals surface area contributed by atoms with Gasteiger partial charge in [-0.2, -0.15) is 0 Å². The Kier molecular flexibility index (Phi) is 8.88. The molecule has 0 aliphatic heterocycles. The maximum atomic E-state index is 11.7. The van der Waals surface area contributed by atoms with E-state index in [9.17, 15) is 4.79 Å². The van der Waals surface area contributed by atoms with Crippen LogP contribution >= 0.6 is 0 Å². The number of hydrogen-bond acceptors (Lipinski definition) is 4. The molecule has 0 spiro atoms. The molecule has 0 aromatic heterocycles. The van der Waals surface area contributed by atoms with Gasteiger partial charge in [-0.15, -0.1) is 0 Å². The van der Waals surface area contributed by atoms with Crippen LogP contribution in [0.5, 0.6) is 11.5 Å². The first-order valence-corrected chi connectivity index (χ1v) is 8.38. The summed E-state index contributed by atoms with van der Waals surface area (Å²) < 4.78 is 16.6. The highest BCUT2D eigenvalue weighted by Crippen LogP contribution is 2.24. The van der Waals surface area contributed by atoms with Crippen molar-refractivity contribution in [2.75, 3.05) is 13.2 Å². The van der Waals surface area contributed by atoms with E-state index in [2.05, 4.69) is 13.8 Å². The molecule has 0 aliphatic carbocycles. The normalized spacial score (nSPS) is 12.2. The van der Waals surface area contributed by atoms with Gasteiger partial charge < -0.3 is 14.2 Å². The molecular weight excluding hydrogens is 292 g/mol. The SMILES string of the molecule is CCCOc1cc(C=CC(=O)OC(C)CC)cc(OCCC)c1. The molecule has 4 heteroatoms. The average Bonchev–Trinajstić information content (AvgIpc) is 2.56. The number of carbonyl (C=O) groups is 1. The van der Waals surface area contributed by atoms with Crippen LogP contribution in [0.1, 0.15) is 52.5 Å². The van der Waals surface area contributed by atoms with E-state index < -0.39 is 0 Å². The maximum absolute atomic E-state index is 11.7. The molecule has 1 unspecified atom stereocenters. The third-order valence-corrected chi connectivity index (χ3v) is 3.15. The minimum atomic E-state index is -0.338. The number of esters is 1. The summed E-state index contributed by atoms with van der Waals surface area (Å²) in [6.07, 6.45) is 5.76. The predicted molar refractivity (Wildman–Crippen MR) is 92.9 cm³/mol. The Morgan fingerprint density at radius 2 is 1.61 bits per heavy atom. The zero-order valence-corrected chi connectivity index (χ0v) is 14.6.